The van der Waals surface area contributed by atoms with Crippen LogP contribution in [0.1, 0.15) is 15.9 Å². The summed E-state index contributed by atoms with van der Waals surface area (Å²) in [4.78, 5) is 32.3. The fraction of sp³-hybridized carbons (Fsp3) is 0.350. The van der Waals surface area contributed by atoms with Crippen LogP contribution in [0.2, 0.25) is 0 Å². The van der Waals surface area contributed by atoms with Crippen LogP contribution in [0.4, 0.5) is 11.5 Å². The number of methoxy groups -OCH3 is 1. The average molecular weight is 368 g/mol. The van der Waals surface area contributed by atoms with Crippen LogP contribution >= 0.6 is 0 Å². The number of esters is 1. The zero-order valence-electron chi connectivity index (χ0n) is 15.6. The van der Waals surface area contributed by atoms with Gasteiger partial charge in [0.05, 0.1) is 19.2 Å². The number of hydrogen-bond donors (Lipinski definition) is 1. The van der Waals surface area contributed by atoms with Gasteiger partial charge < -0.3 is 15.0 Å². The highest BCUT2D eigenvalue weighted by molar-refractivity contribution is 6.04. The van der Waals surface area contributed by atoms with Crippen molar-refractivity contribution in [1.82, 2.24) is 9.88 Å². The van der Waals surface area contributed by atoms with E-state index in [1.807, 2.05) is 37.3 Å². The lowest BCUT2D eigenvalue weighted by molar-refractivity contribution is -0.142. The molecule has 1 fully saturated rings. The summed E-state index contributed by atoms with van der Waals surface area (Å²) in [5, 5.41) is 2.87. The maximum absolute atomic E-state index is 12.3. The number of hydrogen-bond acceptors (Lipinski definition) is 6. The smallest absolute Gasteiger partial charge is 0.319 e. The third-order valence-corrected chi connectivity index (χ3v) is 4.60. The third-order valence-electron chi connectivity index (χ3n) is 4.60. The minimum atomic E-state index is -0.217. The van der Waals surface area contributed by atoms with Gasteiger partial charge >= 0.3 is 5.97 Å². The fourth-order valence-corrected chi connectivity index (χ4v) is 2.93. The molecule has 0 saturated carbocycles. The number of nitrogens with zero attached hydrogens (tertiary/aromatic N) is 3. The lowest BCUT2D eigenvalue weighted by Crippen LogP contribution is -2.48. The lowest BCUT2D eigenvalue weighted by Gasteiger charge is -2.34. The van der Waals surface area contributed by atoms with E-state index in [0.717, 1.165) is 43.2 Å². The van der Waals surface area contributed by atoms with Gasteiger partial charge in [-0.05, 0) is 31.2 Å². The second kappa shape index (κ2) is 8.64. The number of ether oxygens (including phenoxy) is 1. The van der Waals surface area contributed by atoms with Gasteiger partial charge in [0.15, 0.2) is 0 Å². The monoisotopic (exact) mass is 368 g/mol. The molecular formula is C20H24N4O3. The molecule has 0 bridgehead atoms. The van der Waals surface area contributed by atoms with Gasteiger partial charge in [-0.2, -0.15) is 0 Å². The molecular weight excluding hydrogens is 344 g/mol. The van der Waals surface area contributed by atoms with Crippen molar-refractivity contribution in [2.24, 2.45) is 0 Å². The highest BCUT2D eigenvalue weighted by Crippen LogP contribution is 2.15. The average Bonchev–Trinajstić information content (AvgIpc) is 2.70. The summed E-state index contributed by atoms with van der Waals surface area (Å²) in [6.07, 6.45) is 1.60. The summed E-state index contributed by atoms with van der Waals surface area (Å²) in [6.45, 7) is 5.41. The molecule has 0 unspecified atom stereocenters. The van der Waals surface area contributed by atoms with Gasteiger partial charge in [0.1, 0.15) is 5.82 Å². The molecule has 2 heterocycles. The maximum Gasteiger partial charge on any atom is 0.319 e. The van der Waals surface area contributed by atoms with E-state index in [9.17, 15) is 9.59 Å². The van der Waals surface area contributed by atoms with E-state index in [1.165, 1.54) is 7.11 Å². The first-order valence-corrected chi connectivity index (χ1v) is 8.93. The van der Waals surface area contributed by atoms with Crippen LogP contribution in [0.3, 0.4) is 0 Å². The number of nitrogens with one attached hydrogen (secondary N) is 1. The van der Waals surface area contributed by atoms with Crippen LogP contribution in [-0.4, -0.2) is 61.6 Å². The first kappa shape index (κ1) is 18.8. The quantitative estimate of drug-likeness (QED) is 0.813. The number of rotatable bonds is 5. The molecule has 1 aromatic heterocycles. The molecule has 7 nitrogen and oxygen atoms in total. The molecule has 3 rings (SSSR count). The summed E-state index contributed by atoms with van der Waals surface area (Å²) in [5.41, 5.74) is 2.42. The Morgan fingerprint density at radius 2 is 1.78 bits per heavy atom. The molecule has 1 amide bonds. The van der Waals surface area contributed by atoms with Crippen molar-refractivity contribution in [3.8, 4) is 0 Å². The minimum Gasteiger partial charge on any atom is -0.468 e. The second-order valence-corrected chi connectivity index (χ2v) is 6.56. The Morgan fingerprint density at radius 1 is 1.07 bits per heavy atom. The van der Waals surface area contributed by atoms with Crippen LogP contribution < -0.4 is 10.2 Å². The number of aryl methyl sites for hydroxylation is 1. The summed E-state index contributed by atoms with van der Waals surface area (Å²) >= 11 is 0. The largest absolute Gasteiger partial charge is 0.468 e. The van der Waals surface area contributed by atoms with Crippen molar-refractivity contribution in [3.05, 3.63) is 53.7 Å². The van der Waals surface area contributed by atoms with Crippen molar-refractivity contribution in [2.45, 2.75) is 6.92 Å². The number of carbonyl (C=O) groups is 2. The predicted molar refractivity (Wildman–Crippen MR) is 104 cm³/mol. The Hall–Kier alpha value is -2.93. The van der Waals surface area contributed by atoms with Crippen molar-refractivity contribution in [3.63, 3.8) is 0 Å². The van der Waals surface area contributed by atoms with E-state index in [0.29, 0.717) is 12.1 Å². The summed E-state index contributed by atoms with van der Waals surface area (Å²) < 4.78 is 4.70. The minimum absolute atomic E-state index is 0.180. The van der Waals surface area contributed by atoms with Gasteiger partial charge in [-0.3, -0.25) is 14.5 Å². The van der Waals surface area contributed by atoms with Gasteiger partial charge in [-0.15, -0.1) is 0 Å². The lowest BCUT2D eigenvalue weighted by atomic mass is 10.2. The molecule has 1 aliphatic heterocycles. The second-order valence-electron chi connectivity index (χ2n) is 6.56. The molecule has 0 radical (unpaired) electrons. The SMILES string of the molecule is COC(=O)CN1CCN(c2ccc(C(=O)Nc3ccc(C)cc3)cn2)CC1. The number of amides is 1. The number of pyridine rings is 1. The maximum atomic E-state index is 12.3. The van der Waals surface area contributed by atoms with Gasteiger partial charge in [-0.25, -0.2) is 4.98 Å². The first-order valence-electron chi connectivity index (χ1n) is 8.93. The summed E-state index contributed by atoms with van der Waals surface area (Å²) in [5.74, 6) is 0.436. The van der Waals surface area contributed by atoms with Crippen molar-refractivity contribution < 1.29 is 14.3 Å². The number of carbonyl (C=O) groups excluding carboxylic acids is 2. The normalized spacial score (nSPS) is 14.7. The van der Waals surface area contributed by atoms with Gasteiger partial charge in [-0.1, -0.05) is 17.7 Å². The van der Waals surface area contributed by atoms with Crippen molar-refractivity contribution in [1.29, 1.82) is 0 Å². The molecule has 27 heavy (non-hydrogen) atoms. The summed E-state index contributed by atoms with van der Waals surface area (Å²) in [6, 6.07) is 11.3. The van der Waals surface area contributed by atoms with E-state index in [4.69, 9.17) is 4.74 Å². The first-order chi connectivity index (χ1) is 13.0. The van der Waals surface area contributed by atoms with Crippen LogP contribution in [-0.2, 0) is 9.53 Å². The molecule has 0 spiro atoms. The molecule has 7 heteroatoms. The van der Waals surface area contributed by atoms with Gasteiger partial charge in [0.2, 0.25) is 0 Å². The predicted octanol–water partition coefficient (Wildman–Crippen LogP) is 1.94. The zero-order chi connectivity index (χ0) is 19.2. The van der Waals surface area contributed by atoms with E-state index in [1.54, 1.807) is 12.3 Å². The Balaban J connectivity index is 1.55. The number of piperazine rings is 1. The standard InChI is InChI=1S/C20H24N4O3/c1-15-3-6-17(7-4-15)22-20(26)16-5-8-18(21-13-16)24-11-9-23(10-12-24)14-19(25)27-2/h3-8,13H,9-12,14H2,1-2H3,(H,22,26). The molecule has 1 saturated heterocycles. The molecule has 1 N–H and O–H groups in total. The van der Waals surface area contributed by atoms with Crippen molar-refractivity contribution >= 4 is 23.4 Å². The van der Waals surface area contributed by atoms with Gasteiger partial charge in [0, 0.05) is 38.1 Å². The third kappa shape index (κ3) is 5.04. The van der Waals surface area contributed by atoms with Crippen LogP contribution in [0.5, 0.6) is 0 Å². The molecule has 1 aromatic carbocycles. The van der Waals surface area contributed by atoms with E-state index in [-0.39, 0.29) is 11.9 Å². The molecule has 0 atom stereocenters. The number of aromatic nitrogens is 1. The van der Waals surface area contributed by atoms with E-state index < -0.39 is 0 Å². The molecule has 142 valence electrons. The molecule has 1 aliphatic rings. The van der Waals surface area contributed by atoms with Crippen molar-refractivity contribution in [2.75, 3.05) is 50.1 Å². The Morgan fingerprint density at radius 3 is 2.37 bits per heavy atom. The summed E-state index contributed by atoms with van der Waals surface area (Å²) in [7, 11) is 1.40. The zero-order valence-corrected chi connectivity index (χ0v) is 15.6. The number of anilines is 2. The highest BCUT2D eigenvalue weighted by atomic mass is 16.5. The molecule has 0 aliphatic carbocycles. The molecule has 2 aromatic rings. The Labute approximate surface area is 158 Å². The number of benzene rings is 1. The topological polar surface area (TPSA) is 74.8 Å². The van der Waals surface area contributed by atoms with Crippen LogP contribution in [0.25, 0.3) is 0 Å². The van der Waals surface area contributed by atoms with Gasteiger partial charge in [0.25, 0.3) is 5.91 Å². The van der Waals surface area contributed by atoms with E-state index in [2.05, 4.69) is 20.1 Å². The highest BCUT2D eigenvalue weighted by Gasteiger charge is 2.20. The Kier molecular flexibility index (Phi) is 6.03. The van der Waals surface area contributed by atoms with Crippen LogP contribution in [0, 0.1) is 6.92 Å². The fourth-order valence-electron chi connectivity index (χ4n) is 2.93. The Bertz CT molecular complexity index is 782. The van der Waals surface area contributed by atoms with E-state index >= 15 is 0 Å². The van der Waals surface area contributed by atoms with Crippen LogP contribution in [0.15, 0.2) is 42.6 Å².